The van der Waals surface area contributed by atoms with Crippen molar-refractivity contribution in [1.82, 2.24) is 4.31 Å². The fraction of sp³-hybridized carbons (Fsp3) is 0.545. The number of carbonyl (C=O) groups is 1. The molecule has 2 N–H and O–H groups in total. The lowest BCUT2D eigenvalue weighted by Crippen LogP contribution is -2.48. The molecule has 0 radical (unpaired) electrons. The highest BCUT2D eigenvalue weighted by Crippen LogP contribution is 2.30. The molecule has 1 aromatic rings. The molecule has 106 valence electrons. The van der Waals surface area contributed by atoms with Crippen LogP contribution in [-0.2, 0) is 19.6 Å². The number of methoxy groups -OCH3 is 1. The van der Waals surface area contributed by atoms with Crippen LogP contribution in [0, 0.1) is 0 Å². The summed E-state index contributed by atoms with van der Waals surface area (Å²) >= 11 is 1.06. The first kappa shape index (κ1) is 14.3. The zero-order valence-corrected chi connectivity index (χ0v) is 12.2. The molecule has 1 saturated heterocycles. The Bertz CT molecular complexity index is 567. The Kier molecular flexibility index (Phi) is 4.12. The van der Waals surface area contributed by atoms with Gasteiger partial charge in [-0.15, -0.1) is 11.3 Å². The van der Waals surface area contributed by atoms with Crippen LogP contribution in [0.1, 0.15) is 19.3 Å². The van der Waals surface area contributed by atoms with E-state index < -0.39 is 22.0 Å². The van der Waals surface area contributed by atoms with Crippen molar-refractivity contribution in [1.29, 1.82) is 0 Å². The molecule has 2 rings (SSSR count). The molecule has 1 aromatic heterocycles. The molecular weight excluding hydrogens is 288 g/mol. The summed E-state index contributed by atoms with van der Waals surface area (Å²) in [6.45, 7) is 0.333. The lowest BCUT2D eigenvalue weighted by molar-refractivity contribution is -0.146. The number of thiophene rings is 1. The summed E-state index contributed by atoms with van der Waals surface area (Å²) in [4.78, 5) is 11.7. The molecule has 8 heteroatoms. The van der Waals surface area contributed by atoms with E-state index in [0.29, 0.717) is 18.7 Å². The molecule has 1 aliphatic rings. The van der Waals surface area contributed by atoms with Gasteiger partial charge in [-0.25, -0.2) is 8.42 Å². The monoisotopic (exact) mass is 304 g/mol. The van der Waals surface area contributed by atoms with Crippen molar-refractivity contribution in [2.24, 2.45) is 0 Å². The van der Waals surface area contributed by atoms with Crippen molar-refractivity contribution in [2.75, 3.05) is 19.4 Å². The second-order valence-corrected chi connectivity index (χ2v) is 7.38. The van der Waals surface area contributed by atoms with Crippen LogP contribution in [0.4, 0.5) is 5.69 Å². The van der Waals surface area contributed by atoms with Crippen LogP contribution >= 0.6 is 11.3 Å². The Hall–Kier alpha value is -1.12. The van der Waals surface area contributed by atoms with Gasteiger partial charge in [-0.05, 0) is 25.3 Å². The number of hydrogen-bond acceptors (Lipinski definition) is 6. The fourth-order valence-corrected chi connectivity index (χ4v) is 5.00. The summed E-state index contributed by atoms with van der Waals surface area (Å²) in [5.74, 6) is -0.507. The Labute approximate surface area is 116 Å². The quantitative estimate of drug-likeness (QED) is 0.843. The number of hydrogen-bond donors (Lipinski definition) is 1. The maximum atomic E-state index is 12.5. The molecule has 0 saturated carbocycles. The predicted molar refractivity (Wildman–Crippen MR) is 72.3 cm³/mol. The third-order valence-corrected chi connectivity index (χ3v) is 6.43. The summed E-state index contributed by atoms with van der Waals surface area (Å²) in [5, 5.41) is 1.57. The van der Waals surface area contributed by atoms with Crippen molar-refractivity contribution in [3.05, 3.63) is 11.4 Å². The van der Waals surface area contributed by atoms with Crippen LogP contribution < -0.4 is 5.73 Å². The average molecular weight is 304 g/mol. The molecule has 0 amide bonds. The number of sulfonamides is 1. The molecule has 1 atom stereocenters. The second-order valence-electron chi connectivity index (χ2n) is 4.35. The first-order chi connectivity index (χ1) is 8.96. The van der Waals surface area contributed by atoms with E-state index in [-0.39, 0.29) is 4.21 Å². The average Bonchev–Trinajstić information content (AvgIpc) is 2.85. The van der Waals surface area contributed by atoms with Gasteiger partial charge in [0.2, 0.25) is 0 Å². The highest BCUT2D eigenvalue weighted by atomic mass is 32.2. The summed E-state index contributed by atoms with van der Waals surface area (Å²) in [6, 6.07) is 0.690. The molecule has 1 aliphatic heterocycles. The van der Waals surface area contributed by atoms with E-state index in [4.69, 9.17) is 5.73 Å². The molecule has 2 heterocycles. The maximum Gasteiger partial charge on any atom is 0.324 e. The van der Waals surface area contributed by atoms with Crippen molar-refractivity contribution >= 4 is 33.0 Å². The topological polar surface area (TPSA) is 89.7 Å². The third kappa shape index (κ3) is 2.75. The lowest BCUT2D eigenvalue weighted by Gasteiger charge is -2.32. The van der Waals surface area contributed by atoms with E-state index in [1.165, 1.54) is 17.5 Å². The zero-order chi connectivity index (χ0) is 14.0. The number of nitrogen functional groups attached to an aromatic ring is 1. The SMILES string of the molecule is COC(=O)C1CCCCN1S(=O)(=O)c1cc(N)cs1. The largest absolute Gasteiger partial charge is 0.468 e. The number of nitrogens with two attached hydrogens (primary N) is 1. The van der Waals surface area contributed by atoms with Gasteiger partial charge >= 0.3 is 5.97 Å². The van der Waals surface area contributed by atoms with Gasteiger partial charge < -0.3 is 10.5 Å². The van der Waals surface area contributed by atoms with Gasteiger partial charge in [-0.3, -0.25) is 4.79 Å². The normalized spacial score (nSPS) is 21.2. The Morgan fingerprint density at radius 1 is 1.53 bits per heavy atom. The fourth-order valence-electron chi connectivity index (χ4n) is 2.15. The summed E-state index contributed by atoms with van der Waals surface area (Å²) in [6.07, 6.45) is 2.05. The summed E-state index contributed by atoms with van der Waals surface area (Å²) in [7, 11) is -2.41. The van der Waals surface area contributed by atoms with Gasteiger partial charge in [0, 0.05) is 17.6 Å². The van der Waals surface area contributed by atoms with Crippen molar-refractivity contribution in [3.8, 4) is 0 Å². The lowest BCUT2D eigenvalue weighted by atomic mass is 10.1. The standard InChI is InChI=1S/C11H16N2O4S2/c1-17-11(14)9-4-2-3-5-13(9)19(15,16)10-6-8(12)7-18-10/h6-7,9H,2-5,12H2,1H3. The van der Waals surface area contributed by atoms with E-state index in [1.807, 2.05) is 0 Å². The van der Waals surface area contributed by atoms with Crippen LogP contribution in [0.2, 0.25) is 0 Å². The smallest absolute Gasteiger partial charge is 0.324 e. The van der Waals surface area contributed by atoms with Gasteiger partial charge in [0.05, 0.1) is 7.11 Å². The first-order valence-electron chi connectivity index (χ1n) is 5.90. The molecule has 1 fully saturated rings. The van der Waals surface area contributed by atoms with Crippen LogP contribution in [0.15, 0.2) is 15.7 Å². The number of piperidine rings is 1. The van der Waals surface area contributed by atoms with E-state index in [1.54, 1.807) is 5.38 Å². The van der Waals surface area contributed by atoms with Gasteiger partial charge in [-0.1, -0.05) is 0 Å². The Morgan fingerprint density at radius 3 is 2.84 bits per heavy atom. The molecular formula is C11H16N2O4S2. The minimum Gasteiger partial charge on any atom is -0.468 e. The second kappa shape index (κ2) is 5.48. The molecule has 19 heavy (non-hydrogen) atoms. The van der Waals surface area contributed by atoms with E-state index >= 15 is 0 Å². The minimum atomic E-state index is -3.67. The van der Waals surface area contributed by atoms with Crippen LogP contribution in [0.5, 0.6) is 0 Å². The molecule has 0 bridgehead atoms. The summed E-state index contributed by atoms with van der Waals surface area (Å²) in [5.41, 5.74) is 5.97. The van der Waals surface area contributed by atoms with Crippen molar-refractivity contribution < 1.29 is 17.9 Å². The molecule has 0 aliphatic carbocycles. The number of ether oxygens (including phenoxy) is 1. The highest BCUT2D eigenvalue weighted by Gasteiger charge is 2.38. The number of nitrogens with zero attached hydrogens (tertiary/aromatic N) is 1. The van der Waals surface area contributed by atoms with Crippen molar-refractivity contribution in [2.45, 2.75) is 29.5 Å². The summed E-state index contributed by atoms with van der Waals surface area (Å²) < 4.78 is 31.1. The van der Waals surface area contributed by atoms with Gasteiger partial charge in [-0.2, -0.15) is 4.31 Å². The molecule has 0 spiro atoms. The third-order valence-electron chi connectivity index (χ3n) is 3.09. The number of rotatable bonds is 3. The Morgan fingerprint density at radius 2 is 2.26 bits per heavy atom. The van der Waals surface area contributed by atoms with E-state index in [2.05, 4.69) is 4.74 Å². The van der Waals surface area contributed by atoms with Crippen molar-refractivity contribution in [3.63, 3.8) is 0 Å². The number of esters is 1. The van der Waals surface area contributed by atoms with Crippen LogP contribution in [-0.4, -0.2) is 38.4 Å². The minimum absolute atomic E-state index is 0.167. The Balaban J connectivity index is 2.34. The molecule has 1 unspecified atom stereocenters. The predicted octanol–water partition coefficient (Wildman–Crippen LogP) is 1.05. The molecule has 6 nitrogen and oxygen atoms in total. The van der Waals surface area contributed by atoms with Crippen LogP contribution in [0.3, 0.4) is 0 Å². The maximum absolute atomic E-state index is 12.5. The van der Waals surface area contributed by atoms with Crippen LogP contribution in [0.25, 0.3) is 0 Å². The first-order valence-corrected chi connectivity index (χ1v) is 8.22. The number of carbonyl (C=O) groups excluding carboxylic acids is 1. The van der Waals surface area contributed by atoms with Gasteiger partial charge in [0.1, 0.15) is 10.3 Å². The van der Waals surface area contributed by atoms with Gasteiger partial charge in [0.25, 0.3) is 10.0 Å². The number of anilines is 1. The van der Waals surface area contributed by atoms with Gasteiger partial charge in [0.15, 0.2) is 0 Å². The molecule has 0 aromatic carbocycles. The highest BCUT2D eigenvalue weighted by molar-refractivity contribution is 7.91. The zero-order valence-electron chi connectivity index (χ0n) is 10.5. The van der Waals surface area contributed by atoms with E-state index in [0.717, 1.165) is 24.2 Å². The van der Waals surface area contributed by atoms with E-state index in [9.17, 15) is 13.2 Å².